The topological polar surface area (TPSA) is 32.7 Å². The van der Waals surface area contributed by atoms with Crippen LogP contribution in [0.2, 0.25) is 0 Å². The number of aliphatic hydroxyl groups excluding tert-OH is 1. The zero-order valence-electron chi connectivity index (χ0n) is 11.4. The molecule has 0 amide bonds. The molecule has 0 spiro atoms. The highest BCUT2D eigenvalue weighted by atomic mass is 19.1. The molecule has 1 fully saturated rings. The Hall–Kier alpha value is -1.13. The van der Waals surface area contributed by atoms with Crippen LogP contribution in [0.3, 0.4) is 0 Å². The Kier molecular flexibility index (Phi) is 5.16. The Morgan fingerprint density at radius 3 is 3.00 bits per heavy atom. The van der Waals surface area contributed by atoms with Gasteiger partial charge in [-0.3, -0.25) is 4.90 Å². The molecule has 19 heavy (non-hydrogen) atoms. The number of rotatable bonds is 6. The van der Waals surface area contributed by atoms with Gasteiger partial charge in [-0.25, -0.2) is 4.39 Å². The molecule has 0 saturated carbocycles. The van der Waals surface area contributed by atoms with Gasteiger partial charge < -0.3 is 9.84 Å². The molecule has 0 bridgehead atoms. The SMILES string of the molecule is CC(O)CC1CCCN1CCOc1ccccc1F. The molecule has 1 aromatic carbocycles. The van der Waals surface area contributed by atoms with E-state index in [1.807, 2.05) is 6.92 Å². The standard InChI is InChI=1S/C15H22FNO2/c1-12(18)11-13-5-4-8-17(13)9-10-19-15-7-3-2-6-14(15)16/h2-3,6-7,12-13,18H,4-5,8-11H2,1H3. The Balaban J connectivity index is 1.77. The van der Waals surface area contributed by atoms with Crippen LogP contribution in [0.1, 0.15) is 26.2 Å². The predicted octanol–water partition coefficient (Wildman–Crippen LogP) is 2.44. The van der Waals surface area contributed by atoms with Crippen molar-refractivity contribution in [3.05, 3.63) is 30.1 Å². The Bertz CT molecular complexity index is 397. The van der Waals surface area contributed by atoms with Crippen LogP contribution >= 0.6 is 0 Å². The van der Waals surface area contributed by atoms with Gasteiger partial charge in [-0.15, -0.1) is 0 Å². The normalized spacial score (nSPS) is 21.5. The first-order chi connectivity index (χ1) is 9.16. The summed E-state index contributed by atoms with van der Waals surface area (Å²) in [4.78, 5) is 2.33. The van der Waals surface area contributed by atoms with Gasteiger partial charge in [0, 0.05) is 12.6 Å². The second-order valence-electron chi connectivity index (χ2n) is 5.20. The number of ether oxygens (including phenoxy) is 1. The van der Waals surface area contributed by atoms with Crippen LogP contribution in [-0.4, -0.2) is 41.8 Å². The number of benzene rings is 1. The molecule has 106 valence electrons. The third-order valence-electron chi connectivity index (χ3n) is 3.58. The van der Waals surface area contributed by atoms with E-state index in [9.17, 15) is 9.50 Å². The fourth-order valence-electron chi connectivity index (χ4n) is 2.68. The zero-order valence-corrected chi connectivity index (χ0v) is 11.4. The van der Waals surface area contributed by atoms with E-state index in [0.29, 0.717) is 18.4 Å². The van der Waals surface area contributed by atoms with Crippen molar-refractivity contribution in [1.29, 1.82) is 0 Å². The van der Waals surface area contributed by atoms with Gasteiger partial charge in [-0.05, 0) is 44.9 Å². The van der Waals surface area contributed by atoms with Crippen molar-refractivity contribution in [3.63, 3.8) is 0 Å². The van der Waals surface area contributed by atoms with E-state index >= 15 is 0 Å². The maximum atomic E-state index is 13.4. The van der Waals surface area contributed by atoms with E-state index in [4.69, 9.17) is 4.74 Å². The molecule has 2 atom stereocenters. The summed E-state index contributed by atoms with van der Waals surface area (Å²) in [6.45, 7) is 4.13. The average molecular weight is 267 g/mol. The van der Waals surface area contributed by atoms with Crippen molar-refractivity contribution in [2.24, 2.45) is 0 Å². The number of halogens is 1. The summed E-state index contributed by atoms with van der Waals surface area (Å²) >= 11 is 0. The minimum absolute atomic E-state index is 0.266. The average Bonchev–Trinajstić information content (AvgIpc) is 2.78. The van der Waals surface area contributed by atoms with Gasteiger partial charge in [0.05, 0.1) is 6.10 Å². The maximum Gasteiger partial charge on any atom is 0.165 e. The first-order valence-corrected chi connectivity index (χ1v) is 6.96. The summed E-state index contributed by atoms with van der Waals surface area (Å²) in [7, 11) is 0. The van der Waals surface area contributed by atoms with Gasteiger partial charge in [-0.2, -0.15) is 0 Å². The molecular weight excluding hydrogens is 245 g/mol. The molecule has 2 unspecified atom stereocenters. The third kappa shape index (κ3) is 4.18. The van der Waals surface area contributed by atoms with E-state index in [2.05, 4.69) is 4.90 Å². The van der Waals surface area contributed by atoms with Crippen LogP contribution in [0, 0.1) is 5.82 Å². The van der Waals surface area contributed by atoms with Crippen LogP contribution in [0.5, 0.6) is 5.75 Å². The highest BCUT2D eigenvalue weighted by molar-refractivity contribution is 5.23. The molecule has 1 heterocycles. The molecule has 0 aromatic heterocycles. The lowest BCUT2D eigenvalue weighted by Crippen LogP contribution is -2.35. The van der Waals surface area contributed by atoms with Crippen molar-refractivity contribution in [1.82, 2.24) is 4.90 Å². The molecule has 1 aliphatic heterocycles. The fraction of sp³-hybridized carbons (Fsp3) is 0.600. The van der Waals surface area contributed by atoms with Crippen molar-refractivity contribution in [2.75, 3.05) is 19.7 Å². The van der Waals surface area contributed by atoms with Gasteiger partial charge in [0.15, 0.2) is 11.6 Å². The zero-order chi connectivity index (χ0) is 13.7. The van der Waals surface area contributed by atoms with Gasteiger partial charge in [0.2, 0.25) is 0 Å². The van der Waals surface area contributed by atoms with E-state index < -0.39 is 0 Å². The Morgan fingerprint density at radius 2 is 2.26 bits per heavy atom. The summed E-state index contributed by atoms with van der Waals surface area (Å²) < 4.78 is 18.8. The first kappa shape index (κ1) is 14.3. The van der Waals surface area contributed by atoms with Crippen molar-refractivity contribution in [2.45, 2.75) is 38.3 Å². The number of hydrogen-bond donors (Lipinski definition) is 1. The van der Waals surface area contributed by atoms with Crippen LogP contribution in [0.25, 0.3) is 0 Å². The van der Waals surface area contributed by atoms with Crippen LogP contribution in [-0.2, 0) is 0 Å². The summed E-state index contributed by atoms with van der Waals surface area (Å²) in [6.07, 6.45) is 2.83. The molecule has 4 heteroatoms. The highest BCUT2D eigenvalue weighted by Gasteiger charge is 2.25. The smallest absolute Gasteiger partial charge is 0.165 e. The molecular formula is C15H22FNO2. The Morgan fingerprint density at radius 1 is 1.47 bits per heavy atom. The number of hydrogen-bond acceptors (Lipinski definition) is 3. The molecule has 3 nitrogen and oxygen atoms in total. The second kappa shape index (κ2) is 6.87. The largest absolute Gasteiger partial charge is 0.489 e. The lowest BCUT2D eigenvalue weighted by molar-refractivity contribution is 0.123. The predicted molar refractivity (Wildman–Crippen MR) is 72.8 cm³/mol. The van der Waals surface area contributed by atoms with Crippen molar-refractivity contribution < 1.29 is 14.2 Å². The van der Waals surface area contributed by atoms with Crippen LogP contribution < -0.4 is 4.74 Å². The molecule has 0 radical (unpaired) electrons. The second-order valence-corrected chi connectivity index (χ2v) is 5.20. The monoisotopic (exact) mass is 267 g/mol. The van der Waals surface area contributed by atoms with Crippen molar-refractivity contribution >= 4 is 0 Å². The van der Waals surface area contributed by atoms with Gasteiger partial charge in [0.25, 0.3) is 0 Å². The van der Waals surface area contributed by atoms with E-state index in [-0.39, 0.29) is 11.9 Å². The Labute approximate surface area is 114 Å². The quantitative estimate of drug-likeness (QED) is 0.859. The molecule has 1 saturated heterocycles. The summed E-state index contributed by atoms with van der Waals surface area (Å²) in [6, 6.07) is 6.91. The number of para-hydroxylation sites is 1. The summed E-state index contributed by atoms with van der Waals surface area (Å²) in [5.74, 6) is -0.00164. The minimum atomic E-state index is -0.315. The van der Waals surface area contributed by atoms with Crippen LogP contribution in [0.15, 0.2) is 24.3 Å². The van der Waals surface area contributed by atoms with E-state index in [0.717, 1.165) is 32.4 Å². The van der Waals surface area contributed by atoms with Gasteiger partial charge in [-0.1, -0.05) is 12.1 Å². The molecule has 0 aliphatic carbocycles. The first-order valence-electron chi connectivity index (χ1n) is 6.96. The lowest BCUT2D eigenvalue weighted by atomic mass is 10.1. The van der Waals surface area contributed by atoms with Gasteiger partial charge >= 0.3 is 0 Å². The van der Waals surface area contributed by atoms with E-state index in [1.165, 1.54) is 6.07 Å². The number of aliphatic hydroxyl groups is 1. The minimum Gasteiger partial charge on any atom is -0.489 e. The highest BCUT2D eigenvalue weighted by Crippen LogP contribution is 2.21. The summed E-state index contributed by atoms with van der Waals surface area (Å²) in [5, 5.41) is 9.46. The molecule has 1 aliphatic rings. The molecule has 1 N–H and O–H groups in total. The number of likely N-dealkylation sites (tertiary alicyclic amines) is 1. The van der Waals surface area contributed by atoms with Crippen molar-refractivity contribution in [3.8, 4) is 5.75 Å². The molecule has 2 rings (SSSR count). The van der Waals surface area contributed by atoms with Crippen LogP contribution in [0.4, 0.5) is 4.39 Å². The van der Waals surface area contributed by atoms with E-state index in [1.54, 1.807) is 18.2 Å². The molecule has 1 aromatic rings. The number of nitrogens with zero attached hydrogens (tertiary/aromatic N) is 1. The maximum absolute atomic E-state index is 13.4. The summed E-state index contributed by atoms with van der Waals surface area (Å²) in [5.41, 5.74) is 0. The van der Waals surface area contributed by atoms with Gasteiger partial charge in [0.1, 0.15) is 6.61 Å². The lowest BCUT2D eigenvalue weighted by Gasteiger charge is -2.25. The fourth-order valence-corrected chi connectivity index (χ4v) is 2.68. The third-order valence-corrected chi connectivity index (χ3v) is 3.58.